The molecule has 3 N–H and O–H groups in total. The summed E-state index contributed by atoms with van der Waals surface area (Å²) in [6, 6.07) is 7.74. The number of fused-ring (bicyclic) bond motifs is 1. The molecule has 1 atom stereocenters. The second-order valence-electron chi connectivity index (χ2n) is 6.82. The van der Waals surface area contributed by atoms with Crippen LogP contribution in [0.2, 0.25) is 0 Å². The van der Waals surface area contributed by atoms with Gasteiger partial charge in [-0.05, 0) is 30.2 Å². The van der Waals surface area contributed by atoms with Crippen molar-refractivity contribution in [1.29, 1.82) is 0 Å². The minimum atomic E-state index is -0.973. The number of piperidine rings is 1. The van der Waals surface area contributed by atoms with E-state index in [9.17, 15) is 19.2 Å². The highest BCUT2D eigenvalue weighted by atomic mass is 16.2. The number of hydrogen-bond donors (Lipinski definition) is 3. The maximum absolute atomic E-state index is 13.0. The monoisotopic (exact) mass is 393 g/mol. The maximum atomic E-state index is 13.0. The van der Waals surface area contributed by atoms with Crippen LogP contribution in [0.4, 0.5) is 11.5 Å². The van der Waals surface area contributed by atoms with E-state index in [1.165, 1.54) is 0 Å². The topological polar surface area (TPSA) is 120 Å². The van der Waals surface area contributed by atoms with Gasteiger partial charge in [0.25, 0.3) is 11.8 Å². The van der Waals surface area contributed by atoms with E-state index in [0.717, 1.165) is 16.4 Å². The lowest BCUT2D eigenvalue weighted by atomic mass is 10.0. The van der Waals surface area contributed by atoms with Gasteiger partial charge in [0.2, 0.25) is 11.8 Å². The fourth-order valence-electron chi connectivity index (χ4n) is 3.58. The number of carbonyl (C=O) groups is 4. The molecule has 29 heavy (non-hydrogen) atoms. The SMILES string of the molecule is CNc1ccc(NCc2cccc3c2C(=O)N(C2CCC(=O)NC2=O)C3=O)cn1. The first kappa shape index (κ1) is 18.6. The Morgan fingerprint density at radius 3 is 2.66 bits per heavy atom. The molecule has 0 saturated carbocycles. The fourth-order valence-corrected chi connectivity index (χ4v) is 3.58. The van der Waals surface area contributed by atoms with Crippen molar-refractivity contribution in [2.24, 2.45) is 0 Å². The zero-order valence-corrected chi connectivity index (χ0v) is 15.7. The zero-order chi connectivity index (χ0) is 20.5. The molecule has 2 aromatic rings. The molecule has 0 spiro atoms. The molecule has 9 heteroatoms. The predicted molar refractivity (Wildman–Crippen MR) is 104 cm³/mol. The Morgan fingerprint density at radius 1 is 1.14 bits per heavy atom. The number of benzene rings is 1. The van der Waals surface area contributed by atoms with Gasteiger partial charge in [0.05, 0.1) is 23.0 Å². The van der Waals surface area contributed by atoms with Gasteiger partial charge in [0.15, 0.2) is 0 Å². The average Bonchev–Trinajstić information content (AvgIpc) is 2.98. The average molecular weight is 393 g/mol. The van der Waals surface area contributed by atoms with Crippen molar-refractivity contribution >= 4 is 35.1 Å². The van der Waals surface area contributed by atoms with Gasteiger partial charge in [-0.2, -0.15) is 0 Å². The summed E-state index contributed by atoms with van der Waals surface area (Å²) < 4.78 is 0. The van der Waals surface area contributed by atoms with E-state index in [-0.39, 0.29) is 24.0 Å². The number of amides is 4. The molecule has 1 unspecified atom stereocenters. The van der Waals surface area contributed by atoms with Gasteiger partial charge in [0, 0.05) is 20.0 Å². The molecular weight excluding hydrogens is 374 g/mol. The Bertz CT molecular complexity index is 1020. The molecule has 1 aromatic heterocycles. The number of nitrogens with zero attached hydrogens (tertiary/aromatic N) is 2. The molecule has 2 aliphatic heterocycles. The molecule has 4 amide bonds. The molecule has 148 valence electrons. The van der Waals surface area contributed by atoms with Crippen LogP contribution in [-0.4, -0.2) is 46.6 Å². The summed E-state index contributed by atoms with van der Waals surface area (Å²) in [6.07, 6.45) is 1.89. The van der Waals surface area contributed by atoms with Crippen LogP contribution >= 0.6 is 0 Å². The van der Waals surface area contributed by atoms with Crippen LogP contribution in [-0.2, 0) is 16.1 Å². The van der Waals surface area contributed by atoms with Crippen LogP contribution in [0.1, 0.15) is 39.1 Å². The van der Waals surface area contributed by atoms with E-state index in [1.54, 1.807) is 31.4 Å². The quantitative estimate of drug-likeness (QED) is 0.652. The third-order valence-electron chi connectivity index (χ3n) is 5.06. The number of aromatic nitrogens is 1. The van der Waals surface area contributed by atoms with Crippen LogP contribution in [0.25, 0.3) is 0 Å². The Hall–Kier alpha value is -3.75. The number of anilines is 2. The number of nitrogens with one attached hydrogen (secondary N) is 3. The molecule has 4 rings (SSSR count). The van der Waals surface area contributed by atoms with Crippen molar-refractivity contribution < 1.29 is 19.2 Å². The van der Waals surface area contributed by atoms with Gasteiger partial charge < -0.3 is 10.6 Å². The van der Waals surface area contributed by atoms with Gasteiger partial charge in [-0.1, -0.05) is 12.1 Å². The second-order valence-corrected chi connectivity index (χ2v) is 6.82. The molecule has 3 heterocycles. The van der Waals surface area contributed by atoms with Gasteiger partial charge in [-0.15, -0.1) is 0 Å². The third-order valence-corrected chi connectivity index (χ3v) is 5.06. The fraction of sp³-hybridized carbons (Fsp3) is 0.250. The molecule has 1 fully saturated rings. The van der Waals surface area contributed by atoms with Crippen molar-refractivity contribution in [3.05, 3.63) is 53.2 Å². The van der Waals surface area contributed by atoms with Crippen LogP contribution in [0.5, 0.6) is 0 Å². The van der Waals surface area contributed by atoms with Crippen LogP contribution < -0.4 is 16.0 Å². The summed E-state index contributed by atoms with van der Waals surface area (Å²) in [5, 5.41) is 8.32. The first-order chi connectivity index (χ1) is 14.0. The smallest absolute Gasteiger partial charge is 0.262 e. The van der Waals surface area contributed by atoms with Gasteiger partial charge in [-0.3, -0.25) is 29.4 Å². The standard InChI is InChI=1S/C20H19N5O4/c1-21-15-7-5-12(10-23-15)22-9-11-3-2-4-13-17(11)20(29)25(19(13)28)14-6-8-16(26)24-18(14)27/h2-5,7,10,14,22H,6,8-9H2,1H3,(H,21,23)(H,24,26,27). The summed E-state index contributed by atoms with van der Waals surface area (Å²) in [4.78, 5) is 54.6. The molecule has 0 aliphatic carbocycles. The normalized spacial score (nSPS) is 18.5. The summed E-state index contributed by atoms with van der Waals surface area (Å²) >= 11 is 0. The predicted octanol–water partition coefficient (Wildman–Crippen LogP) is 1.14. The molecule has 0 bridgehead atoms. The van der Waals surface area contributed by atoms with E-state index in [0.29, 0.717) is 12.1 Å². The van der Waals surface area contributed by atoms with E-state index in [1.807, 2.05) is 12.1 Å². The highest BCUT2D eigenvalue weighted by Gasteiger charge is 2.45. The van der Waals surface area contributed by atoms with Gasteiger partial charge in [-0.25, -0.2) is 4.98 Å². The molecular formula is C20H19N5O4. The maximum Gasteiger partial charge on any atom is 0.262 e. The van der Waals surface area contributed by atoms with Crippen molar-refractivity contribution in [3.63, 3.8) is 0 Å². The summed E-state index contributed by atoms with van der Waals surface area (Å²) in [5.41, 5.74) is 1.96. The molecule has 1 aromatic carbocycles. The first-order valence-electron chi connectivity index (χ1n) is 9.20. The Labute approximate surface area is 166 Å². The van der Waals surface area contributed by atoms with Crippen molar-refractivity contribution in [2.45, 2.75) is 25.4 Å². The Kier molecular flexibility index (Phi) is 4.71. The van der Waals surface area contributed by atoms with Crippen LogP contribution in [0.3, 0.4) is 0 Å². The summed E-state index contributed by atoms with van der Waals surface area (Å²) in [5.74, 6) is -1.31. The number of imide groups is 2. The Balaban J connectivity index is 1.57. The minimum Gasteiger partial charge on any atom is -0.380 e. The molecule has 2 aliphatic rings. The van der Waals surface area contributed by atoms with Crippen molar-refractivity contribution in [2.75, 3.05) is 17.7 Å². The van der Waals surface area contributed by atoms with E-state index in [4.69, 9.17) is 0 Å². The van der Waals surface area contributed by atoms with Gasteiger partial charge >= 0.3 is 0 Å². The number of hydrogen-bond acceptors (Lipinski definition) is 7. The Morgan fingerprint density at radius 2 is 1.97 bits per heavy atom. The lowest BCUT2D eigenvalue weighted by Gasteiger charge is -2.27. The van der Waals surface area contributed by atoms with Gasteiger partial charge in [0.1, 0.15) is 11.9 Å². The van der Waals surface area contributed by atoms with E-state index >= 15 is 0 Å². The molecule has 9 nitrogen and oxygen atoms in total. The van der Waals surface area contributed by atoms with Crippen LogP contribution in [0, 0.1) is 0 Å². The van der Waals surface area contributed by atoms with Crippen molar-refractivity contribution in [3.8, 4) is 0 Å². The second kappa shape index (κ2) is 7.34. The lowest BCUT2D eigenvalue weighted by molar-refractivity contribution is -0.136. The highest BCUT2D eigenvalue weighted by molar-refractivity contribution is 6.24. The number of pyridine rings is 1. The zero-order valence-electron chi connectivity index (χ0n) is 15.7. The lowest BCUT2D eigenvalue weighted by Crippen LogP contribution is -2.54. The third kappa shape index (κ3) is 3.31. The highest BCUT2D eigenvalue weighted by Crippen LogP contribution is 2.30. The minimum absolute atomic E-state index is 0.0911. The molecule has 1 saturated heterocycles. The van der Waals surface area contributed by atoms with E-state index < -0.39 is 29.7 Å². The van der Waals surface area contributed by atoms with Crippen LogP contribution in [0.15, 0.2) is 36.5 Å². The molecule has 0 radical (unpaired) electrons. The van der Waals surface area contributed by atoms with E-state index in [2.05, 4.69) is 20.9 Å². The summed E-state index contributed by atoms with van der Waals surface area (Å²) in [7, 11) is 1.78. The van der Waals surface area contributed by atoms with Crippen molar-refractivity contribution in [1.82, 2.24) is 15.2 Å². The summed E-state index contributed by atoms with van der Waals surface area (Å²) in [6.45, 7) is 0.311. The number of carbonyl (C=O) groups excluding carboxylic acids is 4. The largest absolute Gasteiger partial charge is 0.380 e. The first-order valence-corrected chi connectivity index (χ1v) is 9.20. The number of rotatable bonds is 5.